The maximum atomic E-state index is 12.6. The van der Waals surface area contributed by atoms with Gasteiger partial charge in [0, 0.05) is 44.8 Å². The van der Waals surface area contributed by atoms with E-state index in [1.807, 2.05) is 24.8 Å². The van der Waals surface area contributed by atoms with Crippen molar-refractivity contribution in [2.45, 2.75) is 33.1 Å². The summed E-state index contributed by atoms with van der Waals surface area (Å²) >= 11 is 0. The van der Waals surface area contributed by atoms with E-state index in [4.69, 9.17) is 4.52 Å². The molecule has 1 amide bonds. The lowest BCUT2D eigenvalue weighted by Gasteiger charge is -2.35. The molecule has 0 saturated carbocycles. The van der Waals surface area contributed by atoms with Gasteiger partial charge in [-0.1, -0.05) is 5.16 Å². The van der Waals surface area contributed by atoms with Crippen molar-refractivity contribution in [1.29, 1.82) is 0 Å². The molecule has 2 aliphatic heterocycles. The van der Waals surface area contributed by atoms with E-state index >= 15 is 0 Å². The summed E-state index contributed by atoms with van der Waals surface area (Å²) in [6.07, 6.45) is 2.81. The molecule has 2 fully saturated rings. The molecule has 4 heterocycles. The number of nitrogens with zero attached hydrogens (tertiary/aromatic N) is 6. The van der Waals surface area contributed by atoms with Gasteiger partial charge in [-0.2, -0.15) is 0 Å². The summed E-state index contributed by atoms with van der Waals surface area (Å²) in [5.41, 5.74) is 1.71. The Balaban J connectivity index is 1.32. The minimum absolute atomic E-state index is 0.125. The van der Waals surface area contributed by atoms with Crippen LogP contribution in [0.15, 0.2) is 16.7 Å². The van der Waals surface area contributed by atoms with Gasteiger partial charge in [0.25, 0.3) is 0 Å². The van der Waals surface area contributed by atoms with Crippen molar-refractivity contribution < 1.29 is 9.32 Å². The van der Waals surface area contributed by atoms with Gasteiger partial charge in [-0.05, 0) is 38.8 Å². The second-order valence-electron chi connectivity index (χ2n) is 7.29. The summed E-state index contributed by atoms with van der Waals surface area (Å²) in [4.78, 5) is 19.0. The molecule has 0 atom stereocenters. The Morgan fingerprint density at radius 3 is 2.07 bits per heavy atom. The zero-order valence-electron chi connectivity index (χ0n) is 16.0. The van der Waals surface area contributed by atoms with E-state index in [1.54, 1.807) is 0 Å². The number of carbonyl (C=O) groups is 1. The third-order valence-electron chi connectivity index (χ3n) is 5.53. The molecule has 2 aromatic rings. The standard InChI is InChI=1S/C19H26N6O2/c1-14-16(15(2)27-22-14)13-19(26)25-11-9-24(10-12-25)18-6-5-17(20-21-18)23-7-3-4-8-23/h5-6H,3-4,7-13H2,1-2H3. The molecule has 0 spiro atoms. The first kappa shape index (κ1) is 17.8. The summed E-state index contributed by atoms with van der Waals surface area (Å²) in [6.45, 7) is 8.79. The molecule has 2 aliphatic rings. The average molecular weight is 370 g/mol. The van der Waals surface area contributed by atoms with Crippen molar-refractivity contribution in [3.63, 3.8) is 0 Å². The van der Waals surface area contributed by atoms with Crippen molar-refractivity contribution in [2.24, 2.45) is 0 Å². The molecular weight excluding hydrogens is 344 g/mol. The Bertz CT molecular complexity index is 770. The highest BCUT2D eigenvalue weighted by Crippen LogP contribution is 2.20. The van der Waals surface area contributed by atoms with E-state index in [0.29, 0.717) is 19.5 Å². The van der Waals surface area contributed by atoms with Crippen LogP contribution >= 0.6 is 0 Å². The highest BCUT2D eigenvalue weighted by atomic mass is 16.5. The van der Waals surface area contributed by atoms with E-state index in [9.17, 15) is 4.79 Å². The molecule has 0 aliphatic carbocycles. The van der Waals surface area contributed by atoms with Gasteiger partial charge >= 0.3 is 0 Å². The first-order valence-electron chi connectivity index (χ1n) is 9.65. The Kier molecular flexibility index (Phi) is 4.96. The summed E-state index contributed by atoms with van der Waals surface area (Å²) < 4.78 is 5.16. The number of aryl methyl sites for hydroxylation is 2. The topological polar surface area (TPSA) is 78.6 Å². The molecule has 2 saturated heterocycles. The lowest BCUT2D eigenvalue weighted by Crippen LogP contribution is -2.49. The van der Waals surface area contributed by atoms with Gasteiger partial charge in [-0.15, -0.1) is 10.2 Å². The first-order chi connectivity index (χ1) is 13.1. The molecule has 0 radical (unpaired) electrons. The highest BCUT2D eigenvalue weighted by Gasteiger charge is 2.24. The van der Waals surface area contributed by atoms with Gasteiger partial charge in [0.2, 0.25) is 5.91 Å². The third-order valence-corrected chi connectivity index (χ3v) is 5.53. The fourth-order valence-corrected chi connectivity index (χ4v) is 3.80. The minimum Gasteiger partial charge on any atom is -0.361 e. The zero-order valence-corrected chi connectivity index (χ0v) is 16.0. The van der Waals surface area contributed by atoms with Crippen molar-refractivity contribution >= 4 is 17.5 Å². The van der Waals surface area contributed by atoms with Crippen LogP contribution in [0, 0.1) is 13.8 Å². The fraction of sp³-hybridized carbons (Fsp3) is 0.579. The highest BCUT2D eigenvalue weighted by molar-refractivity contribution is 5.79. The van der Waals surface area contributed by atoms with Crippen molar-refractivity contribution in [3.05, 3.63) is 29.2 Å². The second-order valence-corrected chi connectivity index (χ2v) is 7.29. The number of amides is 1. The average Bonchev–Trinajstić information content (AvgIpc) is 3.34. The molecular formula is C19H26N6O2. The van der Waals surface area contributed by atoms with Crippen molar-refractivity contribution in [3.8, 4) is 0 Å². The van der Waals surface area contributed by atoms with Crippen LogP contribution < -0.4 is 9.80 Å². The molecule has 8 nitrogen and oxygen atoms in total. The zero-order chi connectivity index (χ0) is 18.8. The van der Waals surface area contributed by atoms with Crippen molar-refractivity contribution in [2.75, 3.05) is 49.1 Å². The van der Waals surface area contributed by atoms with E-state index in [1.165, 1.54) is 12.8 Å². The monoisotopic (exact) mass is 370 g/mol. The van der Waals surface area contributed by atoms with E-state index in [0.717, 1.165) is 54.8 Å². The van der Waals surface area contributed by atoms with Crippen molar-refractivity contribution in [1.82, 2.24) is 20.3 Å². The van der Waals surface area contributed by atoms with Crippen LogP contribution in [0.3, 0.4) is 0 Å². The maximum Gasteiger partial charge on any atom is 0.227 e. The number of carbonyl (C=O) groups excluding carboxylic acids is 1. The minimum atomic E-state index is 0.125. The van der Waals surface area contributed by atoms with E-state index < -0.39 is 0 Å². The number of anilines is 2. The normalized spacial score (nSPS) is 17.6. The summed E-state index contributed by atoms with van der Waals surface area (Å²) in [6, 6.07) is 4.10. The summed E-state index contributed by atoms with van der Waals surface area (Å²) in [5.74, 6) is 2.70. The molecule has 0 bridgehead atoms. The van der Waals surface area contributed by atoms with Crippen LogP contribution in [0.1, 0.15) is 29.9 Å². The Morgan fingerprint density at radius 1 is 0.963 bits per heavy atom. The Morgan fingerprint density at radius 2 is 1.56 bits per heavy atom. The molecule has 0 unspecified atom stereocenters. The number of rotatable bonds is 4. The predicted molar refractivity (Wildman–Crippen MR) is 102 cm³/mol. The van der Waals surface area contributed by atoms with Gasteiger partial charge in [0.15, 0.2) is 11.6 Å². The maximum absolute atomic E-state index is 12.6. The predicted octanol–water partition coefficient (Wildman–Crippen LogP) is 1.57. The fourth-order valence-electron chi connectivity index (χ4n) is 3.80. The molecule has 4 rings (SSSR count). The lowest BCUT2D eigenvalue weighted by molar-refractivity contribution is -0.130. The van der Waals surface area contributed by atoms with Crippen LogP contribution in [-0.4, -0.2) is 65.4 Å². The Labute approximate surface area is 159 Å². The van der Waals surface area contributed by atoms with Crippen LogP contribution in [0.4, 0.5) is 11.6 Å². The van der Waals surface area contributed by atoms with Gasteiger partial charge < -0.3 is 19.2 Å². The van der Waals surface area contributed by atoms with E-state index in [-0.39, 0.29) is 5.91 Å². The molecule has 2 aromatic heterocycles. The SMILES string of the molecule is Cc1noc(C)c1CC(=O)N1CCN(c2ccc(N3CCCC3)nn2)CC1. The first-order valence-corrected chi connectivity index (χ1v) is 9.65. The number of hydrogen-bond acceptors (Lipinski definition) is 7. The van der Waals surface area contributed by atoms with Gasteiger partial charge in [-0.3, -0.25) is 4.79 Å². The van der Waals surface area contributed by atoms with Crippen LogP contribution in [0.2, 0.25) is 0 Å². The summed E-state index contributed by atoms with van der Waals surface area (Å²) in [5, 5.41) is 12.7. The van der Waals surface area contributed by atoms with Crippen LogP contribution in [0.25, 0.3) is 0 Å². The smallest absolute Gasteiger partial charge is 0.227 e. The molecule has 0 N–H and O–H groups in total. The number of aromatic nitrogens is 3. The summed E-state index contributed by atoms with van der Waals surface area (Å²) in [7, 11) is 0. The molecule has 8 heteroatoms. The quantitative estimate of drug-likeness (QED) is 0.808. The van der Waals surface area contributed by atoms with Crippen LogP contribution in [-0.2, 0) is 11.2 Å². The largest absolute Gasteiger partial charge is 0.361 e. The molecule has 27 heavy (non-hydrogen) atoms. The van der Waals surface area contributed by atoms with Gasteiger partial charge in [-0.25, -0.2) is 0 Å². The third kappa shape index (κ3) is 3.74. The lowest BCUT2D eigenvalue weighted by atomic mass is 10.1. The van der Waals surface area contributed by atoms with Crippen LogP contribution in [0.5, 0.6) is 0 Å². The van der Waals surface area contributed by atoms with Gasteiger partial charge in [0.05, 0.1) is 12.1 Å². The van der Waals surface area contributed by atoms with E-state index in [2.05, 4.69) is 31.2 Å². The number of piperazine rings is 1. The molecule has 0 aromatic carbocycles. The second kappa shape index (κ2) is 7.54. The Hall–Kier alpha value is -2.64. The van der Waals surface area contributed by atoms with Gasteiger partial charge in [0.1, 0.15) is 5.76 Å². The molecule has 144 valence electrons. The number of hydrogen-bond donors (Lipinski definition) is 0.